The van der Waals surface area contributed by atoms with Gasteiger partial charge in [0.15, 0.2) is 0 Å². The van der Waals surface area contributed by atoms with Gasteiger partial charge in [-0.15, -0.1) is 0 Å². The number of carbonyl (C=O) groups is 1. The third-order valence-electron chi connectivity index (χ3n) is 3.84. The molecule has 0 heterocycles. The average Bonchev–Trinajstić information content (AvgIpc) is 2.68. The van der Waals surface area contributed by atoms with Crippen LogP contribution in [0.1, 0.15) is 21.5 Å². The molecule has 0 fully saturated rings. The Kier molecular flexibility index (Phi) is 5.29. The maximum absolute atomic E-state index is 12.3. The van der Waals surface area contributed by atoms with Crippen molar-refractivity contribution < 1.29 is 15.0 Å². The summed E-state index contributed by atoms with van der Waals surface area (Å²) in [5.41, 5.74) is 5.05. The Bertz CT molecular complexity index is 923. The van der Waals surface area contributed by atoms with Gasteiger partial charge in [0.1, 0.15) is 11.5 Å². The van der Waals surface area contributed by atoms with E-state index in [-0.39, 0.29) is 17.1 Å². The van der Waals surface area contributed by atoms with Gasteiger partial charge in [0.25, 0.3) is 5.91 Å². The molecule has 1 amide bonds. The van der Waals surface area contributed by atoms with E-state index in [1.54, 1.807) is 0 Å². The van der Waals surface area contributed by atoms with E-state index in [9.17, 15) is 15.0 Å². The monoisotopic (exact) mass is 346 g/mol. The van der Waals surface area contributed by atoms with Crippen LogP contribution in [0.4, 0.5) is 0 Å². The number of hydrogen-bond donors (Lipinski definition) is 3. The zero-order valence-electron chi connectivity index (χ0n) is 14.0. The van der Waals surface area contributed by atoms with Crippen LogP contribution in [0.2, 0.25) is 0 Å². The fourth-order valence-corrected chi connectivity index (χ4v) is 2.51. The lowest BCUT2D eigenvalue weighted by Gasteiger charge is -2.09. The lowest BCUT2D eigenvalue weighted by atomic mass is 10.0. The quantitative estimate of drug-likeness (QED) is 0.376. The van der Waals surface area contributed by atoms with Crippen LogP contribution >= 0.6 is 0 Å². The molecule has 0 atom stereocenters. The van der Waals surface area contributed by atoms with Crippen molar-refractivity contribution >= 4 is 11.6 Å². The van der Waals surface area contributed by atoms with Crippen LogP contribution in [0.5, 0.6) is 11.5 Å². The number of benzene rings is 3. The smallest absolute Gasteiger partial charge is 0.275 e. The molecule has 0 aromatic heterocycles. The summed E-state index contributed by atoms with van der Waals surface area (Å²) in [7, 11) is 0. The molecule has 0 radical (unpaired) electrons. The summed E-state index contributed by atoms with van der Waals surface area (Å²) in [5, 5.41) is 23.6. The Morgan fingerprint density at radius 2 is 1.54 bits per heavy atom. The van der Waals surface area contributed by atoms with Gasteiger partial charge in [-0.2, -0.15) is 5.10 Å². The summed E-state index contributed by atoms with van der Waals surface area (Å²) >= 11 is 0. The Labute approximate surface area is 151 Å². The number of nitrogens with zero attached hydrogens (tertiary/aromatic N) is 1. The van der Waals surface area contributed by atoms with Gasteiger partial charge in [0.05, 0.1) is 11.3 Å². The van der Waals surface area contributed by atoms with Crippen LogP contribution in [-0.2, 0) is 6.42 Å². The highest BCUT2D eigenvalue weighted by molar-refractivity contribution is 6.03. The predicted octanol–water partition coefficient (Wildman–Crippen LogP) is 3.47. The molecule has 3 N–H and O–H groups in total. The summed E-state index contributed by atoms with van der Waals surface area (Å²) in [6.07, 6.45) is 0.539. The van der Waals surface area contributed by atoms with Crippen molar-refractivity contribution in [1.82, 2.24) is 5.43 Å². The molecule has 0 saturated carbocycles. The van der Waals surface area contributed by atoms with E-state index >= 15 is 0 Å². The molecular weight excluding hydrogens is 328 g/mol. The number of rotatable bonds is 5. The van der Waals surface area contributed by atoms with Crippen molar-refractivity contribution in [3.8, 4) is 11.5 Å². The van der Waals surface area contributed by atoms with Crippen LogP contribution in [0.3, 0.4) is 0 Å². The standard InChI is InChI=1S/C21H18N2O3/c24-17-11-12-20(25)18(14-17)21(26)23-22-19(16-9-5-2-6-10-16)13-15-7-3-1-4-8-15/h1-12,14,24-25H,13H2,(H,23,26). The topological polar surface area (TPSA) is 81.9 Å². The molecule has 3 rings (SSSR count). The number of carbonyl (C=O) groups excluding carboxylic acids is 1. The van der Waals surface area contributed by atoms with Crippen molar-refractivity contribution in [1.29, 1.82) is 0 Å². The van der Waals surface area contributed by atoms with Crippen molar-refractivity contribution in [3.05, 3.63) is 95.6 Å². The third kappa shape index (κ3) is 4.27. The molecule has 26 heavy (non-hydrogen) atoms. The minimum atomic E-state index is -0.597. The maximum atomic E-state index is 12.3. The lowest BCUT2D eigenvalue weighted by Crippen LogP contribution is -2.21. The fraction of sp³-hybridized carbons (Fsp3) is 0.0476. The van der Waals surface area contributed by atoms with Crippen LogP contribution in [0.25, 0.3) is 0 Å². The van der Waals surface area contributed by atoms with Crippen molar-refractivity contribution in [2.24, 2.45) is 5.10 Å². The van der Waals surface area contributed by atoms with Gasteiger partial charge in [-0.1, -0.05) is 60.7 Å². The Morgan fingerprint density at radius 1 is 0.885 bits per heavy atom. The number of hydrogen-bond acceptors (Lipinski definition) is 4. The molecule has 0 unspecified atom stereocenters. The first-order chi connectivity index (χ1) is 12.6. The highest BCUT2D eigenvalue weighted by Gasteiger charge is 2.12. The van der Waals surface area contributed by atoms with E-state index in [2.05, 4.69) is 10.5 Å². The fourth-order valence-electron chi connectivity index (χ4n) is 2.51. The van der Waals surface area contributed by atoms with Gasteiger partial charge < -0.3 is 10.2 Å². The summed E-state index contributed by atoms with van der Waals surface area (Å²) < 4.78 is 0. The van der Waals surface area contributed by atoms with Crippen molar-refractivity contribution in [3.63, 3.8) is 0 Å². The second-order valence-electron chi connectivity index (χ2n) is 5.73. The number of aromatic hydroxyl groups is 2. The van der Waals surface area contributed by atoms with Crippen LogP contribution in [-0.4, -0.2) is 21.8 Å². The highest BCUT2D eigenvalue weighted by atomic mass is 16.3. The zero-order chi connectivity index (χ0) is 18.4. The molecule has 0 bridgehead atoms. The average molecular weight is 346 g/mol. The minimum absolute atomic E-state index is 0.0409. The summed E-state index contributed by atoms with van der Waals surface area (Å²) in [4.78, 5) is 12.3. The number of hydrazone groups is 1. The predicted molar refractivity (Wildman–Crippen MR) is 100 cm³/mol. The first-order valence-corrected chi connectivity index (χ1v) is 8.12. The third-order valence-corrected chi connectivity index (χ3v) is 3.84. The van der Waals surface area contributed by atoms with E-state index in [0.717, 1.165) is 11.1 Å². The van der Waals surface area contributed by atoms with E-state index in [4.69, 9.17) is 0 Å². The molecule has 5 nitrogen and oxygen atoms in total. The first kappa shape index (κ1) is 17.2. The normalized spacial score (nSPS) is 11.2. The zero-order valence-corrected chi connectivity index (χ0v) is 14.0. The number of amides is 1. The molecule has 130 valence electrons. The Morgan fingerprint density at radius 3 is 2.23 bits per heavy atom. The maximum Gasteiger partial charge on any atom is 0.275 e. The minimum Gasteiger partial charge on any atom is -0.508 e. The molecule has 0 aliphatic carbocycles. The second-order valence-corrected chi connectivity index (χ2v) is 5.73. The molecule has 3 aromatic carbocycles. The molecule has 3 aromatic rings. The number of phenolic OH excluding ortho intramolecular Hbond substituents is 2. The van der Waals surface area contributed by atoms with Crippen molar-refractivity contribution in [2.45, 2.75) is 6.42 Å². The summed E-state index contributed by atoms with van der Waals surface area (Å²) in [5.74, 6) is -0.927. The highest BCUT2D eigenvalue weighted by Crippen LogP contribution is 2.21. The number of nitrogens with one attached hydrogen (secondary N) is 1. The molecule has 0 aliphatic rings. The van der Waals surface area contributed by atoms with E-state index in [0.29, 0.717) is 12.1 Å². The van der Waals surface area contributed by atoms with Crippen LogP contribution < -0.4 is 5.43 Å². The van der Waals surface area contributed by atoms with Gasteiger partial charge >= 0.3 is 0 Å². The Balaban J connectivity index is 1.86. The molecule has 0 saturated heterocycles. The van der Waals surface area contributed by atoms with Gasteiger partial charge in [-0.3, -0.25) is 4.79 Å². The molecule has 5 heteroatoms. The lowest BCUT2D eigenvalue weighted by molar-refractivity contribution is 0.0951. The van der Waals surface area contributed by atoms with Crippen LogP contribution in [0.15, 0.2) is 84.0 Å². The van der Waals surface area contributed by atoms with Gasteiger partial charge in [-0.05, 0) is 29.3 Å². The largest absolute Gasteiger partial charge is 0.508 e. The second kappa shape index (κ2) is 7.98. The van der Waals surface area contributed by atoms with Gasteiger partial charge in [-0.25, -0.2) is 5.43 Å². The van der Waals surface area contributed by atoms with E-state index in [1.165, 1.54) is 18.2 Å². The van der Waals surface area contributed by atoms with Gasteiger partial charge in [0.2, 0.25) is 0 Å². The van der Waals surface area contributed by atoms with E-state index in [1.807, 2.05) is 60.7 Å². The van der Waals surface area contributed by atoms with E-state index < -0.39 is 5.91 Å². The van der Waals surface area contributed by atoms with Gasteiger partial charge in [0, 0.05) is 6.42 Å². The molecule has 0 spiro atoms. The van der Waals surface area contributed by atoms with Crippen LogP contribution in [0, 0.1) is 0 Å². The Hall–Kier alpha value is -3.60. The summed E-state index contributed by atoms with van der Waals surface area (Å²) in [6, 6.07) is 23.1. The SMILES string of the molecule is O=C(NN=C(Cc1ccccc1)c1ccccc1)c1cc(O)ccc1O. The summed E-state index contributed by atoms with van der Waals surface area (Å²) in [6.45, 7) is 0. The first-order valence-electron chi connectivity index (χ1n) is 8.12. The molecular formula is C21H18N2O3. The molecule has 0 aliphatic heterocycles. The number of phenols is 2. The van der Waals surface area contributed by atoms with Crippen molar-refractivity contribution in [2.75, 3.05) is 0 Å².